The lowest BCUT2D eigenvalue weighted by molar-refractivity contribution is 0.116. The van der Waals surface area contributed by atoms with E-state index in [1.807, 2.05) is 54.6 Å². The van der Waals surface area contributed by atoms with E-state index in [0.29, 0.717) is 5.92 Å². The van der Waals surface area contributed by atoms with Gasteiger partial charge in [0.25, 0.3) is 0 Å². The topological polar surface area (TPSA) is 38.7 Å². The van der Waals surface area contributed by atoms with Crippen LogP contribution >= 0.6 is 0 Å². The molecule has 3 aromatic rings. The van der Waals surface area contributed by atoms with Gasteiger partial charge in [0.2, 0.25) is 0 Å². The Hall–Kier alpha value is -2.78. The summed E-state index contributed by atoms with van der Waals surface area (Å²) < 4.78 is 11.7. The van der Waals surface area contributed by atoms with E-state index in [9.17, 15) is 5.11 Å². The van der Waals surface area contributed by atoms with Crippen LogP contribution in [0.15, 0.2) is 78.9 Å². The van der Waals surface area contributed by atoms with Crippen LogP contribution in [0.2, 0.25) is 0 Å². The van der Waals surface area contributed by atoms with Crippen molar-refractivity contribution in [2.24, 2.45) is 0 Å². The molecule has 26 heavy (non-hydrogen) atoms. The van der Waals surface area contributed by atoms with E-state index < -0.39 is 0 Å². The van der Waals surface area contributed by atoms with E-state index in [-0.39, 0.29) is 12.7 Å². The number of para-hydroxylation sites is 1. The van der Waals surface area contributed by atoms with Crippen LogP contribution in [0.25, 0.3) is 0 Å². The summed E-state index contributed by atoms with van der Waals surface area (Å²) in [6, 6.07) is 26.2. The predicted molar refractivity (Wildman–Crippen MR) is 102 cm³/mol. The van der Waals surface area contributed by atoms with Crippen molar-refractivity contribution in [2.75, 3.05) is 13.2 Å². The summed E-state index contributed by atoms with van der Waals surface area (Å²) in [5.74, 6) is 2.09. The maximum absolute atomic E-state index is 9.67. The number of benzene rings is 3. The number of hydrogen-bond acceptors (Lipinski definition) is 3. The van der Waals surface area contributed by atoms with Crippen LogP contribution in [-0.4, -0.2) is 18.3 Å². The van der Waals surface area contributed by atoms with Crippen molar-refractivity contribution in [1.82, 2.24) is 0 Å². The van der Waals surface area contributed by atoms with Crippen molar-refractivity contribution >= 4 is 0 Å². The van der Waals surface area contributed by atoms with Crippen LogP contribution < -0.4 is 9.47 Å². The lowest BCUT2D eigenvalue weighted by atomic mass is 9.87. The molecule has 1 aliphatic heterocycles. The molecule has 0 fully saturated rings. The summed E-state index contributed by atoms with van der Waals surface area (Å²) in [4.78, 5) is 0. The molecule has 0 spiro atoms. The Morgan fingerprint density at radius 3 is 2.42 bits per heavy atom. The molecule has 0 aromatic heterocycles. The SMILES string of the molecule is OCC(Oc1ccc(C2CCOc3ccccc32)cc1)c1ccccc1. The molecule has 0 saturated heterocycles. The zero-order chi connectivity index (χ0) is 17.8. The number of aliphatic hydroxyl groups is 1. The summed E-state index contributed by atoms with van der Waals surface area (Å²) in [6.45, 7) is 0.680. The van der Waals surface area contributed by atoms with Gasteiger partial charge in [0, 0.05) is 11.5 Å². The highest BCUT2D eigenvalue weighted by molar-refractivity contribution is 5.44. The molecular formula is C23H22O3. The molecule has 1 N–H and O–H groups in total. The third kappa shape index (κ3) is 3.44. The monoisotopic (exact) mass is 346 g/mol. The first kappa shape index (κ1) is 16.7. The molecule has 1 heterocycles. The van der Waals surface area contributed by atoms with Gasteiger partial charge in [0.15, 0.2) is 0 Å². The van der Waals surface area contributed by atoms with Crippen LogP contribution in [0.4, 0.5) is 0 Å². The second-order valence-electron chi connectivity index (χ2n) is 6.50. The van der Waals surface area contributed by atoms with Crippen molar-refractivity contribution in [3.05, 3.63) is 95.6 Å². The quantitative estimate of drug-likeness (QED) is 0.727. The third-order valence-electron chi connectivity index (χ3n) is 4.86. The molecule has 0 radical (unpaired) electrons. The number of fused-ring (bicyclic) bond motifs is 1. The Morgan fingerprint density at radius 1 is 0.923 bits per heavy atom. The summed E-state index contributed by atoms with van der Waals surface area (Å²) in [5.41, 5.74) is 3.47. The molecule has 0 saturated carbocycles. The van der Waals surface area contributed by atoms with E-state index in [0.717, 1.165) is 30.1 Å². The lowest BCUT2D eigenvalue weighted by Crippen LogP contribution is -2.15. The van der Waals surface area contributed by atoms with Gasteiger partial charge in [-0.25, -0.2) is 0 Å². The fraction of sp³-hybridized carbons (Fsp3) is 0.217. The largest absolute Gasteiger partial charge is 0.493 e. The minimum atomic E-state index is -0.356. The van der Waals surface area contributed by atoms with Crippen LogP contribution in [0.1, 0.15) is 35.1 Å². The third-order valence-corrected chi connectivity index (χ3v) is 4.86. The number of hydrogen-bond donors (Lipinski definition) is 1. The van der Waals surface area contributed by atoms with Crippen molar-refractivity contribution < 1.29 is 14.6 Å². The zero-order valence-electron chi connectivity index (χ0n) is 14.5. The van der Waals surface area contributed by atoms with Crippen molar-refractivity contribution in [2.45, 2.75) is 18.4 Å². The second kappa shape index (κ2) is 7.63. The van der Waals surface area contributed by atoms with Crippen LogP contribution in [0, 0.1) is 0 Å². The molecule has 0 aliphatic carbocycles. The molecule has 3 heteroatoms. The highest BCUT2D eigenvalue weighted by atomic mass is 16.5. The van der Waals surface area contributed by atoms with Crippen molar-refractivity contribution in [3.63, 3.8) is 0 Å². The van der Waals surface area contributed by atoms with E-state index in [1.54, 1.807) is 0 Å². The van der Waals surface area contributed by atoms with Crippen molar-refractivity contribution in [3.8, 4) is 11.5 Å². The Balaban J connectivity index is 1.53. The average Bonchev–Trinajstić information content (AvgIpc) is 2.73. The minimum absolute atomic E-state index is 0.0564. The molecule has 3 nitrogen and oxygen atoms in total. The standard InChI is InChI=1S/C23H22O3/c24-16-23(18-6-2-1-3-7-18)26-19-12-10-17(11-13-19)20-14-15-25-22-9-5-4-8-21(20)22/h1-13,20,23-24H,14-16H2. The fourth-order valence-electron chi connectivity index (χ4n) is 3.51. The maximum atomic E-state index is 9.67. The van der Waals surface area contributed by atoms with E-state index >= 15 is 0 Å². The van der Waals surface area contributed by atoms with Crippen LogP contribution in [0.3, 0.4) is 0 Å². The Morgan fingerprint density at radius 2 is 1.65 bits per heavy atom. The molecule has 0 amide bonds. The minimum Gasteiger partial charge on any atom is -0.493 e. The van der Waals surface area contributed by atoms with Gasteiger partial charge >= 0.3 is 0 Å². The van der Waals surface area contributed by atoms with Crippen LogP contribution in [0.5, 0.6) is 11.5 Å². The highest BCUT2D eigenvalue weighted by Gasteiger charge is 2.22. The van der Waals surface area contributed by atoms with E-state index in [1.165, 1.54) is 11.1 Å². The number of rotatable bonds is 5. The molecular weight excluding hydrogens is 324 g/mol. The van der Waals surface area contributed by atoms with Gasteiger partial charge in [-0.1, -0.05) is 60.7 Å². The van der Waals surface area contributed by atoms with E-state index in [4.69, 9.17) is 9.47 Å². The summed E-state index contributed by atoms with van der Waals surface area (Å²) in [7, 11) is 0. The van der Waals surface area contributed by atoms with E-state index in [2.05, 4.69) is 24.3 Å². The molecule has 3 aromatic carbocycles. The van der Waals surface area contributed by atoms with Gasteiger partial charge < -0.3 is 14.6 Å². The van der Waals surface area contributed by atoms with Gasteiger partial charge in [-0.05, 0) is 35.7 Å². The summed E-state index contributed by atoms with van der Waals surface area (Å²) in [5, 5.41) is 9.67. The zero-order valence-corrected chi connectivity index (χ0v) is 14.5. The van der Waals surface area contributed by atoms with Gasteiger partial charge in [0.05, 0.1) is 13.2 Å². The fourth-order valence-corrected chi connectivity index (χ4v) is 3.51. The first-order valence-corrected chi connectivity index (χ1v) is 8.99. The predicted octanol–water partition coefficient (Wildman–Crippen LogP) is 4.71. The Kier molecular flexibility index (Phi) is 4.89. The number of aliphatic hydroxyl groups excluding tert-OH is 1. The second-order valence-corrected chi connectivity index (χ2v) is 6.50. The van der Waals surface area contributed by atoms with Crippen molar-refractivity contribution in [1.29, 1.82) is 0 Å². The summed E-state index contributed by atoms with van der Waals surface area (Å²) >= 11 is 0. The average molecular weight is 346 g/mol. The Labute approximate surface area is 153 Å². The number of ether oxygens (including phenoxy) is 2. The highest BCUT2D eigenvalue weighted by Crippen LogP contribution is 2.38. The molecule has 132 valence electrons. The maximum Gasteiger partial charge on any atom is 0.147 e. The Bertz CT molecular complexity index is 843. The molecule has 2 unspecified atom stereocenters. The van der Waals surface area contributed by atoms with Crippen LogP contribution in [-0.2, 0) is 0 Å². The molecule has 1 aliphatic rings. The lowest BCUT2D eigenvalue weighted by Gasteiger charge is -2.26. The van der Waals surface area contributed by atoms with Gasteiger partial charge in [-0.2, -0.15) is 0 Å². The molecule has 2 atom stereocenters. The molecule has 4 rings (SSSR count). The van der Waals surface area contributed by atoms with Gasteiger partial charge in [-0.15, -0.1) is 0 Å². The van der Waals surface area contributed by atoms with Gasteiger partial charge in [-0.3, -0.25) is 0 Å². The first-order chi connectivity index (χ1) is 12.8. The summed E-state index contributed by atoms with van der Waals surface area (Å²) in [6.07, 6.45) is 0.617. The molecule has 0 bridgehead atoms. The smallest absolute Gasteiger partial charge is 0.147 e. The first-order valence-electron chi connectivity index (χ1n) is 8.99. The normalized spacial score (nSPS) is 17.0. The van der Waals surface area contributed by atoms with Gasteiger partial charge in [0.1, 0.15) is 17.6 Å².